The molecule has 172 valence electrons. The molecule has 10 heteroatoms. The molecular formula is C23H27N7O3. The van der Waals surface area contributed by atoms with E-state index in [2.05, 4.69) is 20.7 Å². The molecular weight excluding hydrogens is 422 g/mol. The van der Waals surface area contributed by atoms with Gasteiger partial charge >= 0.3 is 0 Å². The van der Waals surface area contributed by atoms with Gasteiger partial charge in [-0.05, 0) is 19.9 Å². The quantitative estimate of drug-likeness (QED) is 0.468. The Balaban J connectivity index is 1.78. The summed E-state index contributed by atoms with van der Waals surface area (Å²) in [4.78, 5) is 31.2. The van der Waals surface area contributed by atoms with Gasteiger partial charge in [0.1, 0.15) is 11.4 Å². The molecule has 1 aliphatic heterocycles. The van der Waals surface area contributed by atoms with E-state index in [4.69, 9.17) is 4.11 Å². The standard InChI is InChI=1S/C23H27N7O3/c1-23(2,33)22(32)27-18-9-17(15(10-25-18)21(31)24-3)26-16-8-6-7-14-19-13(12-30(5)28-19)11-29(4)20(14)16/h6-10,12,33H,11H2,1-5H3,(H,24,31)(H2,25,26,27,32)/i3D3. The Hall–Kier alpha value is -3.92. The lowest BCUT2D eigenvalue weighted by Gasteiger charge is -2.29. The van der Waals surface area contributed by atoms with Crippen molar-refractivity contribution in [3.8, 4) is 11.3 Å². The van der Waals surface area contributed by atoms with Crippen molar-refractivity contribution < 1.29 is 18.8 Å². The second-order valence-electron chi connectivity index (χ2n) is 8.44. The van der Waals surface area contributed by atoms with Gasteiger partial charge in [0.05, 0.1) is 28.3 Å². The molecule has 0 unspecified atom stereocenters. The second kappa shape index (κ2) is 8.21. The van der Waals surface area contributed by atoms with Crippen LogP contribution in [0.5, 0.6) is 0 Å². The van der Waals surface area contributed by atoms with E-state index in [9.17, 15) is 14.7 Å². The fraction of sp³-hybridized carbons (Fsp3) is 0.304. The van der Waals surface area contributed by atoms with Crippen molar-refractivity contribution in [3.63, 3.8) is 0 Å². The first-order valence-electron chi connectivity index (χ1n) is 11.7. The number of para-hydroxylation sites is 1. The van der Waals surface area contributed by atoms with E-state index in [-0.39, 0.29) is 17.1 Å². The molecule has 0 radical (unpaired) electrons. The average Bonchev–Trinajstić information content (AvgIpc) is 3.12. The number of aliphatic hydroxyl groups is 1. The third kappa shape index (κ3) is 4.24. The molecule has 0 saturated carbocycles. The zero-order valence-corrected chi connectivity index (χ0v) is 18.7. The van der Waals surface area contributed by atoms with Crippen molar-refractivity contribution in [2.75, 3.05) is 29.6 Å². The van der Waals surface area contributed by atoms with Gasteiger partial charge in [0, 0.05) is 61.3 Å². The van der Waals surface area contributed by atoms with Gasteiger partial charge in [-0.15, -0.1) is 0 Å². The topological polar surface area (TPSA) is 124 Å². The normalized spacial score (nSPS) is 14.3. The summed E-state index contributed by atoms with van der Waals surface area (Å²) in [6.45, 7) is 0.573. The van der Waals surface area contributed by atoms with Gasteiger partial charge in [0.2, 0.25) is 0 Å². The van der Waals surface area contributed by atoms with Gasteiger partial charge < -0.3 is 26.0 Å². The lowest BCUT2D eigenvalue weighted by atomic mass is 9.99. The van der Waals surface area contributed by atoms with Gasteiger partial charge in [-0.1, -0.05) is 12.1 Å². The number of benzene rings is 1. The highest BCUT2D eigenvalue weighted by Gasteiger charge is 2.27. The lowest BCUT2D eigenvalue weighted by molar-refractivity contribution is -0.130. The summed E-state index contributed by atoms with van der Waals surface area (Å²) in [7, 11) is 3.79. The summed E-state index contributed by atoms with van der Waals surface area (Å²) in [5, 5.41) is 22.2. The van der Waals surface area contributed by atoms with Crippen molar-refractivity contribution in [3.05, 3.63) is 47.8 Å². The van der Waals surface area contributed by atoms with Crippen molar-refractivity contribution >= 4 is 34.7 Å². The Morgan fingerprint density at radius 2 is 2.03 bits per heavy atom. The zero-order valence-electron chi connectivity index (χ0n) is 21.7. The van der Waals surface area contributed by atoms with Crippen LogP contribution in [-0.2, 0) is 18.4 Å². The molecule has 0 bridgehead atoms. The van der Waals surface area contributed by atoms with Crippen molar-refractivity contribution in [1.29, 1.82) is 0 Å². The Morgan fingerprint density at radius 3 is 2.76 bits per heavy atom. The molecule has 2 amide bonds. The number of carbonyl (C=O) groups is 2. The van der Waals surface area contributed by atoms with Crippen LogP contribution in [0, 0.1) is 0 Å². The zero-order chi connectivity index (χ0) is 26.4. The van der Waals surface area contributed by atoms with Crippen molar-refractivity contribution in [2.45, 2.75) is 26.0 Å². The number of fused-ring (bicyclic) bond motifs is 3. The summed E-state index contributed by atoms with van der Waals surface area (Å²) >= 11 is 0. The number of aryl methyl sites for hydroxylation is 1. The first kappa shape index (κ1) is 18.6. The highest BCUT2D eigenvalue weighted by atomic mass is 16.3. The molecule has 2 aromatic heterocycles. The predicted molar refractivity (Wildman–Crippen MR) is 127 cm³/mol. The first-order chi connectivity index (χ1) is 16.7. The van der Waals surface area contributed by atoms with Crippen molar-refractivity contribution in [2.24, 2.45) is 7.05 Å². The van der Waals surface area contributed by atoms with E-state index in [1.807, 2.05) is 48.7 Å². The number of nitrogens with one attached hydrogen (secondary N) is 3. The van der Waals surface area contributed by atoms with Crippen LogP contribution >= 0.6 is 0 Å². The summed E-state index contributed by atoms with van der Waals surface area (Å²) in [6, 6.07) is 7.03. The van der Waals surface area contributed by atoms with E-state index >= 15 is 0 Å². The van der Waals surface area contributed by atoms with E-state index in [1.54, 1.807) is 4.68 Å². The minimum Gasteiger partial charge on any atom is -0.381 e. The molecule has 1 aromatic carbocycles. The highest BCUT2D eigenvalue weighted by molar-refractivity contribution is 6.02. The van der Waals surface area contributed by atoms with Gasteiger partial charge in [0.25, 0.3) is 11.8 Å². The highest BCUT2D eigenvalue weighted by Crippen LogP contribution is 2.43. The number of amides is 2. The number of hydrogen-bond donors (Lipinski definition) is 4. The molecule has 0 saturated heterocycles. The number of nitrogens with zero attached hydrogens (tertiary/aromatic N) is 4. The molecule has 4 rings (SSSR count). The number of anilines is 4. The number of carbonyl (C=O) groups excluding carboxylic acids is 2. The molecule has 3 heterocycles. The molecule has 0 atom stereocenters. The Morgan fingerprint density at radius 1 is 1.24 bits per heavy atom. The van der Waals surface area contributed by atoms with E-state index in [1.165, 1.54) is 26.1 Å². The maximum Gasteiger partial charge on any atom is 0.256 e. The van der Waals surface area contributed by atoms with E-state index in [0.717, 1.165) is 22.5 Å². The summed E-state index contributed by atoms with van der Waals surface area (Å²) < 4.78 is 23.9. The molecule has 33 heavy (non-hydrogen) atoms. The maximum atomic E-state index is 12.8. The molecule has 0 aliphatic carbocycles. The molecule has 0 fully saturated rings. The third-order valence-electron chi connectivity index (χ3n) is 5.31. The summed E-state index contributed by atoms with van der Waals surface area (Å²) in [6.07, 6.45) is 3.13. The minimum atomic E-state index is -2.70. The Bertz CT molecular complexity index is 1350. The van der Waals surface area contributed by atoms with Crippen LogP contribution in [0.1, 0.15) is 33.9 Å². The first-order valence-corrected chi connectivity index (χ1v) is 10.2. The van der Waals surface area contributed by atoms with Gasteiger partial charge in [-0.2, -0.15) is 5.10 Å². The predicted octanol–water partition coefficient (Wildman–Crippen LogP) is 2.24. The second-order valence-corrected chi connectivity index (χ2v) is 8.44. The molecule has 10 nitrogen and oxygen atoms in total. The summed E-state index contributed by atoms with van der Waals surface area (Å²) in [5.41, 5.74) is 2.81. The van der Waals surface area contributed by atoms with Crippen LogP contribution in [0.4, 0.5) is 22.9 Å². The Labute approximate surface area is 195 Å². The molecule has 3 aromatic rings. The minimum absolute atomic E-state index is 0.0398. The average molecular weight is 453 g/mol. The van der Waals surface area contributed by atoms with Crippen LogP contribution < -0.4 is 20.9 Å². The largest absolute Gasteiger partial charge is 0.381 e. The number of rotatable bonds is 5. The lowest BCUT2D eigenvalue weighted by Crippen LogP contribution is -2.37. The van der Waals surface area contributed by atoms with Crippen LogP contribution in [0.15, 0.2) is 36.7 Å². The fourth-order valence-electron chi connectivity index (χ4n) is 3.75. The molecule has 1 aliphatic rings. The van der Waals surface area contributed by atoms with Gasteiger partial charge in [-0.3, -0.25) is 14.3 Å². The van der Waals surface area contributed by atoms with Crippen LogP contribution in [0.25, 0.3) is 11.3 Å². The van der Waals surface area contributed by atoms with E-state index < -0.39 is 24.4 Å². The monoisotopic (exact) mass is 452 g/mol. The molecule has 0 spiro atoms. The number of pyridine rings is 1. The van der Waals surface area contributed by atoms with E-state index in [0.29, 0.717) is 12.2 Å². The number of hydrogen-bond acceptors (Lipinski definition) is 7. The maximum absolute atomic E-state index is 12.8. The van der Waals surface area contributed by atoms with Crippen LogP contribution in [0.3, 0.4) is 0 Å². The number of aromatic nitrogens is 3. The summed E-state index contributed by atoms with van der Waals surface area (Å²) in [5.74, 6) is -1.49. The third-order valence-corrected chi connectivity index (χ3v) is 5.31. The molecule has 4 N–H and O–H groups in total. The SMILES string of the molecule is [2H]C([2H])([2H])NC(=O)c1cnc(NC(=O)C(C)(C)O)cc1Nc1cccc2c1N(C)Cc1cn(C)nc1-2. The van der Waals surface area contributed by atoms with Gasteiger partial charge in [-0.25, -0.2) is 4.98 Å². The Kier molecular flexibility index (Phi) is 4.64. The van der Waals surface area contributed by atoms with Gasteiger partial charge in [0.15, 0.2) is 0 Å². The van der Waals surface area contributed by atoms with Crippen molar-refractivity contribution in [1.82, 2.24) is 20.1 Å². The van der Waals surface area contributed by atoms with Crippen LogP contribution in [0.2, 0.25) is 0 Å². The van der Waals surface area contributed by atoms with Crippen LogP contribution in [-0.4, -0.2) is 51.3 Å². The smallest absolute Gasteiger partial charge is 0.256 e. The fourth-order valence-corrected chi connectivity index (χ4v) is 3.75.